The lowest BCUT2D eigenvalue weighted by atomic mass is 10.0. The molecule has 1 N–H and O–H groups in total. The van der Waals surface area contributed by atoms with Crippen LogP contribution in [0.3, 0.4) is 0 Å². The molecule has 1 aromatic carbocycles. The van der Waals surface area contributed by atoms with Crippen molar-refractivity contribution in [2.75, 3.05) is 23.9 Å². The second-order valence-corrected chi connectivity index (χ2v) is 10.7. The Hall–Kier alpha value is -1.36. The molecule has 0 unspecified atom stereocenters. The van der Waals surface area contributed by atoms with Gasteiger partial charge in [0, 0.05) is 24.1 Å². The number of carbonyl (C=O) groups excluding carboxylic acids is 1. The summed E-state index contributed by atoms with van der Waals surface area (Å²) in [5.74, 6) is -0.783. The molecule has 4 nitrogen and oxygen atoms in total. The zero-order chi connectivity index (χ0) is 22.1. The number of carbonyl (C=O) groups is 1. The molecule has 0 radical (unpaired) electrons. The van der Waals surface area contributed by atoms with E-state index in [0.29, 0.717) is 5.56 Å². The number of Topliss-reactive ketones (excluding diaryl/α,β-unsaturated/α-hetero) is 1. The molecular weight excluding hydrogens is 394 g/mol. The molecule has 0 aliphatic carbocycles. The number of nitrogens with one attached hydrogen (secondary N) is 1. The van der Waals surface area contributed by atoms with Crippen molar-refractivity contribution in [2.45, 2.75) is 96.8 Å². The molecule has 0 spiro atoms. The van der Waals surface area contributed by atoms with Gasteiger partial charge in [0.25, 0.3) is 0 Å². The van der Waals surface area contributed by atoms with Gasteiger partial charge in [0.05, 0.1) is 0 Å². The normalized spacial score (nSPS) is 11.5. The van der Waals surface area contributed by atoms with E-state index >= 15 is 0 Å². The number of rotatable bonds is 19. The lowest BCUT2D eigenvalue weighted by Gasteiger charge is -2.07. The van der Waals surface area contributed by atoms with Gasteiger partial charge in [-0.1, -0.05) is 90.4 Å². The fourth-order valence-electron chi connectivity index (χ4n) is 3.65. The van der Waals surface area contributed by atoms with Crippen LogP contribution >= 0.6 is 0 Å². The van der Waals surface area contributed by atoms with Crippen LogP contribution in [0, 0.1) is 0 Å². The summed E-state index contributed by atoms with van der Waals surface area (Å²) in [6.45, 7) is 3.20. The van der Waals surface area contributed by atoms with Gasteiger partial charge in [-0.2, -0.15) is 0 Å². The highest BCUT2D eigenvalue weighted by Crippen LogP contribution is 2.14. The highest BCUT2D eigenvalue weighted by atomic mass is 32.2. The van der Waals surface area contributed by atoms with Gasteiger partial charge in [-0.15, -0.1) is 0 Å². The predicted molar refractivity (Wildman–Crippen MR) is 129 cm³/mol. The average molecular weight is 438 g/mol. The minimum atomic E-state index is -3.28. The van der Waals surface area contributed by atoms with Crippen molar-refractivity contribution < 1.29 is 13.2 Å². The predicted octanol–water partition coefficient (Wildman–Crippen LogP) is 6.81. The summed E-state index contributed by atoms with van der Waals surface area (Å²) in [5.41, 5.74) is 1.42. The van der Waals surface area contributed by atoms with Gasteiger partial charge in [-0.3, -0.25) is 4.79 Å². The molecule has 0 heterocycles. The fraction of sp³-hybridized carbons (Fsp3) is 0.720. The Morgan fingerprint density at radius 3 is 1.60 bits per heavy atom. The lowest BCUT2D eigenvalue weighted by Crippen LogP contribution is -2.14. The summed E-state index contributed by atoms with van der Waals surface area (Å²) in [4.78, 5) is 11.9. The number of hydrogen-bond acceptors (Lipinski definition) is 4. The molecule has 1 aromatic rings. The monoisotopic (exact) mass is 437 g/mol. The summed E-state index contributed by atoms with van der Waals surface area (Å²) in [5, 5.41) is 3.37. The molecule has 1 rings (SSSR count). The van der Waals surface area contributed by atoms with Crippen molar-refractivity contribution in [3.8, 4) is 0 Å². The van der Waals surface area contributed by atoms with Crippen molar-refractivity contribution >= 4 is 21.3 Å². The first-order chi connectivity index (χ1) is 14.4. The molecule has 172 valence electrons. The number of sulfone groups is 1. The molecule has 30 heavy (non-hydrogen) atoms. The second kappa shape index (κ2) is 16.3. The van der Waals surface area contributed by atoms with Crippen LogP contribution < -0.4 is 5.32 Å². The van der Waals surface area contributed by atoms with E-state index in [-0.39, 0.29) is 5.78 Å². The van der Waals surface area contributed by atoms with Crippen molar-refractivity contribution in [2.24, 2.45) is 0 Å². The van der Waals surface area contributed by atoms with Crippen LogP contribution in [0.5, 0.6) is 0 Å². The molecule has 0 aromatic heterocycles. The number of anilines is 1. The van der Waals surface area contributed by atoms with Crippen LogP contribution in [0.2, 0.25) is 0 Å². The Bertz CT molecular complexity index is 668. The number of unbranched alkanes of at least 4 members (excludes halogenated alkanes) is 13. The zero-order valence-corrected chi connectivity index (χ0v) is 20.1. The summed E-state index contributed by atoms with van der Waals surface area (Å²) < 4.78 is 22.4. The molecule has 0 atom stereocenters. The standard InChI is InChI=1S/C25H43NO3S/c1-3-4-5-6-7-8-9-10-11-12-13-14-15-16-21-26-24-19-17-23(18-20-24)25(27)22-30(2,28)29/h17-20,26H,3-16,21-22H2,1-2H3. The van der Waals surface area contributed by atoms with Gasteiger partial charge >= 0.3 is 0 Å². The Morgan fingerprint density at radius 2 is 1.17 bits per heavy atom. The fourth-order valence-corrected chi connectivity index (χ4v) is 4.29. The van der Waals surface area contributed by atoms with Crippen LogP contribution in [0.25, 0.3) is 0 Å². The van der Waals surface area contributed by atoms with Crippen molar-refractivity contribution in [3.63, 3.8) is 0 Å². The first-order valence-electron chi connectivity index (χ1n) is 12.0. The lowest BCUT2D eigenvalue weighted by molar-refractivity contribution is 0.102. The van der Waals surface area contributed by atoms with Crippen LogP contribution in [-0.2, 0) is 9.84 Å². The topological polar surface area (TPSA) is 63.2 Å². The first kappa shape index (κ1) is 26.7. The maximum absolute atomic E-state index is 11.9. The molecule has 0 saturated heterocycles. The first-order valence-corrected chi connectivity index (χ1v) is 14.0. The van der Waals surface area contributed by atoms with Crippen LogP contribution in [0.4, 0.5) is 5.69 Å². The van der Waals surface area contributed by atoms with Crippen molar-refractivity contribution in [1.82, 2.24) is 0 Å². The minimum absolute atomic E-state index is 0.351. The maximum Gasteiger partial charge on any atom is 0.177 e. The molecule has 0 aliphatic rings. The van der Waals surface area contributed by atoms with E-state index in [1.165, 1.54) is 83.5 Å². The SMILES string of the molecule is CCCCCCCCCCCCCCCCNc1ccc(C(=O)CS(C)(=O)=O)cc1. The summed E-state index contributed by atoms with van der Waals surface area (Å²) in [7, 11) is -3.28. The Kier molecular flexibility index (Phi) is 14.5. The van der Waals surface area contributed by atoms with Gasteiger partial charge in [0.15, 0.2) is 15.6 Å². The molecule has 5 heteroatoms. The Balaban J connectivity index is 1.96. The molecule has 0 saturated carbocycles. The van der Waals surface area contributed by atoms with Crippen LogP contribution in [0.15, 0.2) is 24.3 Å². The van der Waals surface area contributed by atoms with Gasteiger partial charge in [0.1, 0.15) is 5.75 Å². The molecule has 0 fully saturated rings. The summed E-state index contributed by atoms with van der Waals surface area (Å²) >= 11 is 0. The minimum Gasteiger partial charge on any atom is -0.385 e. The molecular formula is C25H43NO3S. The van der Waals surface area contributed by atoms with Crippen molar-refractivity contribution in [3.05, 3.63) is 29.8 Å². The van der Waals surface area contributed by atoms with Gasteiger partial charge in [0.2, 0.25) is 0 Å². The third-order valence-corrected chi connectivity index (χ3v) is 6.25. The quantitative estimate of drug-likeness (QED) is 0.191. The van der Waals surface area contributed by atoms with E-state index in [0.717, 1.165) is 24.9 Å². The molecule has 0 bridgehead atoms. The second-order valence-electron chi connectivity index (χ2n) is 8.59. The van der Waals surface area contributed by atoms with E-state index in [9.17, 15) is 13.2 Å². The van der Waals surface area contributed by atoms with Crippen LogP contribution in [0.1, 0.15) is 107 Å². The van der Waals surface area contributed by atoms with Gasteiger partial charge < -0.3 is 5.32 Å². The largest absolute Gasteiger partial charge is 0.385 e. The van der Waals surface area contributed by atoms with E-state index in [1.807, 2.05) is 12.1 Å². The number of hydrogen-bond donors (Lipinski definition) is 1. The third kappa shape index (κ3) is 14.6. The third-order valence-electron chi connectivity index (χ3n) is 5.46. The molecule has 0 aliphatic heterocycles. The summed E-state index contributed by atoms with van der Waals surface area (Å²) in [6, 6.07) is 7.08. The highest BCUT2D eigenvalue weighted by Gasteiger charge is 2.12. The van der Waals surface area contributed by atoms with E-state index in [4.69, 9.17) is 0 Å². The average Bonchev–Trinajstić information content (AvgIpc) is 2.70. The highest BCUT2D eigenvalue weighted by molar-refractivity contribution is 7.91. The maximum atomic E-state index is 11.9. The smallest absolute Gasteiger partial charge is 0.177 e. The summed E-state index contributed by atoms with van der Waals surface area (Å²) in [6.07, 6.45) is 20.1. The number of ketones is 1. The Labute approximate surface area is 185 Å². The van der Waals surface area contributed by atoms with E-state index in [1.54, 1.807) is 12.1 Å². The number of benzene rings is 1. The van der Waals surface area contributed by atoms with Crippen LogP contribution in [-0.4, -0.2) is 32.8 Å². The molecule has 0 amide bonds. The van der Waals surface area contributed by atoms with Gasteiger partial charge in [-0.05, 0) is 30.7 Å². The van der Waals surface area contributed by atoms with Gasteiger partial charge in [-0.25, -0.2) is 8.42 Å². The van der Waals surface area contributed by atoms with E-state index < -0.39 is 15.6 Å². The van der Waals surface area contributed by atoms with Crippen molar-refractivity contribution in [1.29, 1.82) is 0 Å². The Morgan fingerprint density at radius 1 is 0.733 bits per heavy atom. The zero-order valence-electron chi connectivity index (χ0n) is 19.3. The van der Waals surface area contributed by atoms with E-state index in [2.05, 4.69) is 12.2 Å².